The molecule has 0 aromatic heterocycles. The fourth-order valence-corrected chi connectivity index (χ4v) is 4.13. The summed E-state index contributed by atoms with van der Waals surface area (Å²) in [5.41, 5.74) is 0. The highest BCUT2D eigenvalue weighted by Crippen LogP contribution is 2.22. The van der Waals surface area contributed by atoms with Gasteiger partial charge in [-0.15, -0.1) is 0 Å². The minimum absolute atomic E-state index is 0.0592. The van der Waals surface area contributed by atoms with Gasteiger partial charge in [-0.3, -0.25) is 9.59 Å². The summed E-state index contributed by atoms with van der Waals surface area (Å²) in [4.78, 5) is 27.0. The number of amides is 2. The minimum Gasteiger partial charge on any atom is -0.375 e. The first-order chi connectivity index (χ1) is 11.6. The molecule has 0 aromatic carbocycles. The predicted octanol–water partition coefficient (Wildman–Crippen LogP) is 1.05. The zero-order valence-electron chi connectivity index (χ0n) is 14.8. The van der Waals surface area contributed by atoms with Crippen LogP contribution in [0.2, 0.25) is 0 Å². The number of rotatable bonds is 3. The van der Waals surface area contributed by atoms with Gasteiger partial charge in [-0.1, -0.05) is 19.3 Å². The average molecular weight is 337 g/mol. The van der Waals surface area contributed by atoms with Crippen LogP contribution in [-0.4, -0.2) is 61.1 Å². The molecular weight excluding hydrogens is 306 g/mol. The Labute approximate surface area is 144 Å². The third-order valence-corrected chi connectivity index (χ3v) is 5.71. The molecule has 1 aliphatic carbocycles. The highest BCUT2D eigenvalue weighted by molar-refractivity contribution is 5.83. The molecule has 3 rings (SSSR count). The summed E-state index contributed by atoms with van der Waals surface area (Å²) >= 11 is 0. The maximum Gasteiger partial charge on any atom is 0.242 e. The van der Waals surface area contributed by atoms with E-state index >= 15 is 0 Å². The van der Waals surface area contributed by atoms with E-state index in [1.807, 2.05) is 11.8 Å². The summed E-state index contributed by atoms with van der Waals surface area (Å²) in [5.74, 6) is 0.374. The van der Waals surface area contributed by atoms with Gasteiger partial charge < -0.3 is 20.3 Å². The molecule has 6 heteroatoms. The molecule has 24 heavy (non-hydrogen) atoms. The van der Waals surface area contributed by atoms with Crippen molar-refractivity contribution in [2.75, 3.05) is 26.2 Å². The largest absolute Gasteiger partial charge is 0.375 e. The van der Waals surface area contributed by atoms with E-state index in [2.05, 4.69) is 10.6 Å². The van der Waals surface area contributed by atoms with E-state index in [0.29, 0.717) is 25.7 Å². The smallest absolute Gasteiger partial charge is 0.242 e. The Kier molecular flexibility index (Phi) is 6.11. The van der Waals surface area contributed by atoms with Crippen LogP contribution in [0.5, 0.6) is 0 Å². The van der Waals surface area contributed by atoms with Crippen molar-refractivity contribution in [2.24, 2.45) is 5.92 Å². The quantitative estimate of drug-likeness (QED) is 0.808. The maximum atomic E-state index is 12.6. The Hall–Kier alpha value is -1.14. The number of carbonyl (C=O) groups excluding carboxylic acids is 2. The van der Waals surface area contributed by atoms with E-state index in [-0.39, 0.29) is 29.9 Å². The van der Waals surface area contributed by atoms with Gasteiger partial charge in [-0.05, 0) is 32.6 Å². The average Bonchev–Trinajstić information content (AvgIpc) is 2.62. The second-order valence-electron chi connectivity index (χ2n) is 7.45. The molecule has 1 saturated carbocycles. The Morgan fingerprint density at radius 3 is 2.46 bits per heavy atom. The number of morpholine rings is 1. The molecule has 3 aliphatic rings. The molecule has 0 bridgehead atoms. The second kappa shape index (κ2) is 8.30. The van der Waals surface area contributed by atoms with Crippen LogP contribution in [0.3, 0.4) is 0 Å². The van der Waals surface area contributed by atoms with Crippen molar-refractivity contribution in [1.29, 1.82) is 0 Å². The van der Waals surface area contributed by atoms with Crippen LogP contribution in [0.15, 0.2) is 0 Å². The van der Waals surface area contributed by atoms with E-state index in [4.69, 9.17) is 4.74 Å². The number of likely N-dealkylation sites (tertiary alicyclic amines) is 1. The zero-order chi connectivity index (χ0) is 16.9. The number of nitrogens with zero attached hydrogens (tertiary/aromatic N) is 1. The zero-order valence-corrected chi connectivity index (χ0v) is 14.8. The molecule has 0 unspecified atom stereocenters. The van der Waals surface area contributed by atoms with Crippen LogP contribution in [0.1, 0.15) is 51.9 Å². The fraction of sp³-hybridized carbons (Fsp3) is 0.889. The monoisotopic (exact) mass is 337 g/mol. The first-order valence-electron chi connectivity index (χ1n) is 9.59. The third kappa shape index (κ3) is 4.28. The molecule has 2 amide bonds. The molecule has 136 valence electrons. The van der Waals surface area contributed by atoms with Crippen LogP contribution >= 0.6 is 0 Å². The Balaban J connectivity index is 1.44. The predicted molar refractivity (Wildman–Crippen MR) is 91.5 cm³/mol. The summed E-state index contributed by atoms with van der Waals surface area (Å²) in [6.07, 6.45) is 7.45. The molecule has 0 aromatic rings. The number of hydrogen-bond donors (Lipinski definition) is 2. The highest BCUT2D eigenvalue weighted by Gasteiger charge is 2.35. The number of carbonyl (C=O) groups is 2. The first-order valence-corrected chi connectivity index (χ1v) is 9.59. The van der Waals surface area contributed by atoms with Crippen molar-refractivity contribution >= 4 is 11.8 Å². The van der Waals surface area contributed by atoms with Crippen molar-refractivity contribution in [1.82, 2.24) is 15.5 Å². The lowest BCUT2D eigenvalue weighted by Gasteiger charge is -2.37. The van der Waals surface area contributed by atoms with Gasteiger partial charge in [-0.2, -0.15) is 0 Å². The number of nitrogens with one attached hydrogen (secondary N) is 2. The molecule has 2 atom stereocenters. The van der Waals surface area contributed by atoms with Gasteiger partial charge in [0.15, 0.2) is 0 Å². The highest BCUT2D eigenvalue weighted by atomic mass is 16.5. The van der Waals surface area contributed by atoms with Gasteiger partial charge in [0.1, 0.15) is 6.04 Å². The lowest BCUT2D eigenvalue weighted by atomic mass is 9.92. The van der Waals surface area contributed by atoms with E-state index in [9.17, 15) is 9.59 Å². The van der Waals surface area contributed by atoms with Gasteiger partial charge >= 0.3 is 0 Å². The molecule has 2 saturated heterocycles. The number of hydrogen-bond acceptors (Lipinski definition) is 4. The second-order valence-corrected chi connectivity index (χ2v) is 7.45. The van der Waals surface area contributed by atoms with Crippen LogP contribution < -0.4 is 10.6 Å². The molecule has 0 radical (unpaired) electrons. The summed E-state index contributed by atoms with van der Waals surface area (Å²) in [5, 5.41) is 6.49. The Morgan fingerprint density at radius 2 is 1.79 bits per heavy atom. The Bertz CT molecular complexity index is 443. The maximum absolute atomic E-state index is 12.6. The summed E-state index contributed by atoms with van der Waals surface area (Å²) in [6, 6.07) is 0.127. The van der Waals surface area contributed by atoms with Crippen LogP contribution in [0.4, 0.5) is 0 Å². The molecule has 2 heterocycles. The summed E-state index contributed by atoms with van der Waals surface area (Å²) in [6.45, 7) is 4.67. The van der Waals surface area contributed by atoms with E-state index in [1.165, 1.54) is 19.3 Å². The van der Waals surface area contributed by atoms with Crippen molar-refractivity contribution < 1.29 is 14.3 Å². The lowest BCUT2D eigenvalue weighted by Crippen LogP contribution is -2.58. The molecule has 2 aliphatic heterocycles. The van der Waals surface area contributed by atoms with Crippen LogP contribution in [-0.2, 0) is 14.3 Å². The van der Waals surface area contributed by atoms with Gasteiger partial charge in [0.2, 0.25) is 11.8 Å². The molecule has 3 fully saturated rings. The SMILES string of the molecule is C[C@H]1OCCN[C@@H]1C(=O)N1CCC(C(=O)NC2CCCCC2)CC1. The number of piperidine rings is 1. The van der Waals surface area contributed by atoms with Crippen LogP contribution in [0, 0.1) is 5.92 Å². The van der Waals surface area contributed by atoms with Crippen LogP contribution in [0.25, 0.3) is 0 Å². The van der Waals surface area contributed by atoms with E-state index in [0.717, 1.165) is 32.2 Å². The normalized spacial score (nSPS) is 30.1. The molecule has 6 nitrogen and oxygen atoms in total. The van der Waals surface area contributed by atoms with Crippen molar-refractivity contribution in [3.63, 3.8) is 0 Å². The fourth-order valence-electron chi connectivity index (χ4n) is 4.13. The molecule has 0 spiro atoms. The number of ether oxygens (including phenoxy) is 1. The summed E-state index contributed by atoms with van der Waals surface area (Å²) < 4.78 is 5.57. The van der Waals surface area contributed by atoms with Crippen molar-refractivity contribution in [3.8, 4) is 0 Å². The third-order valence-electron chi connectivity index (χ3n) is 5.71. The van der Waals surface area contributed by atoms with Crippen molar-refractivity contribution in [3.05, 3.63) is 0 Å². The van der Waals surface area contributed by atoms with Crippen molar-refractivity contribution in [2.45, 2.75) is 70.1 Å². The van der Waals surface area contributed by atoms with Gasteiger partial charge in [0.25, 0.3) is 0 Å². The lowest BCUT2D eigenvalue weighted by molar-refractivity contribution is -0.142. The Morgan fingerprint density at radius 1 is 1.08 bits per heavy atom. The van der Waals surface area contributed by atoms with Gasteiger partial charge in [0.05, 0.1) is 12.7 Å². The minimum atomic E-state index is -0.244. The van der Waals surface area contributed by atoms with E-state index in [1.54, 1.807) is 0 Å². The molecule has 2 N–H and O–H groups in total. The van der Waals surface area contributed by atoms with Gasteiger partial charge in [-0.25, -0.2) is 0 Å². The van der Waals surface area contributed by atoms with E-state index < -0.39 is 0 Å². The topological polar surface area (TPSA) is 70.7 Å². The first kappa shape index (κ1) is 17.7. The molecular formula is C18H31N3O3. The standard InChI is InChI=1S/C18H31N3O3/c1-13-16(19-9-12-24-13)18(23)21-10-7-14(8-11-21)17(22)20-15-5-3-2-4-6-15/h13-16,19H,2-12H2,1H3,(H,20,22)/t13-,16+/m1/s1. The summed E-state index contributed by atoms with van der Waals surface area (Å²) in [7, 11) is 0. The van der Waals surface area contributed by atoms with Gasteiger partial charge in [0, 0.05) is 31.6 Å².